The lowest BCUT2D eigenvalue weighted by atomic mass is 10.0. The molecule has 1 fully saturated rings. The summed E-state index contributed by atoms with van der Waals surface area (Å²) >= 11 is 0. The molecule has 1 atom stereocenters. The number of amides is 3. The van der Waals surface area contributed by atoms with Crippen molar-refractivity contribution in [3.05, 3.63) is 65.0 Å². The normalized spacial score (nSPS) is 19.1. The van der Waals surface area contributed by atoms with Gasteiger partial charge in [-0.25, -0.2) is 4.39 Å². The fourth-order valence-corrected chi connectivity index (χ4v) is 3.45. The van der Waals surface area contributed by atoms with Gasteiger partial charge in [0.05, 0.1) is 5.56 Å². The van der Waals surface area contributed by atoms with E-state index in [0.29, 0.717) is 11.3 Å². The predicted octanol–water partition coefficient (Wildman–Crippen LogP) is 2.17. The number of fused-ring (bicyclic) bond motifs is 1. The summed E-state index contributed by atoms with van der Waals surface area (Å²) in [5.41, 5.74) is 1.39. The van der Waals surface area contributed by atoms with E-state index in [1.165, 1.54) is 11.0 Å². The quantitative estimate of drug-likeness (QED) is 0.840. The Bertz CT molecular complexity index is 929. The van der Waals surface area contributed by atoms with Crippen molar-refractivity contribution in [1.82, 2.24) is 10.2 Å². The van der Waals surface area contributed by atoms with Crippen LogP contribution in [0.3, 0.4) is 0 Å². The van der Waals surface area contributed by atoms with Gasteiger partial charge in [-0.2, -0.15) is 0 Å². The lowest BCUT2D eigenvalue weighted by molar-refractivity contribution is -0.136. The second-order valence-corrected chi connectivity index (χ2v) is 6.61. The Balaban J connectivity index is 1.53. The van der Waals surface area contributed by atoms with Gasteiger partial charge in [0.1, 0.15) is 24.2 Å². The van der Waals surface area contributed by atoms with E-state index in [2.05, 4.69) is 5.32 Å². The molecule has 3 amide bonds. The van der Waals surface area contributed by atoms with E-state index in [-0.39, 0.29) is 37.5 Å². The number of piperidine rings is 1. The zero-order valence-corrected chi connectivity index (χ0v) is 14.4. The van der Waals surface area contributed by atoms with Crippen molar-refractivity contribution < 1.29 is 23.5 Å². The first-order valence-electron chi connectivity index (χ1n) is 8.67. The Morgan fingerprint density at radius 1 is 1.15 bits per heavy atom. The number of ether oxygens (including phenoxy) is 1. The van der Waals surface area contributed by atoms with Crippen LogP contribution in [0.15, 0.2) is 42.5 Å². The smallest absolute Gasteiger partial charge is 0.258 e. The van der Waals surface area contributed by atoms with E-state index in [1.54, 1.807) is 6.07 Å². The summed E-state index contributed by atoms with van der Waals surface area (Å²) in [6.07, 6.45) is 0.397. The molecule has 0 aromatic heterocycles. The Labute approximate surface area is 154 Å². The maximum absolute atomic E-state index is 14.5. The maximum atomic E-state index is 14.5. The first kappa shape index (κ1) is 17.2. The van der Waals surface area contributed by atoms with Gasteiger partial charge in [0, 0.05) is 19.0 Å². The van der Waals surface area contributed by atoms with Gasteiger partial charge in [0.15, 0.2) is 0 Å². The summed E-state index contributed by atoms with van der Waals surface area (Å²) in [7, 11) is 0. The highest BCUT2D eigenvalue weighted by molar-refractivity contribution is 6.05. The van der Waals surface area contributed by atoms with Crippen molar-refractivity contribution in [1.29, 1.82) is 0 Å². The predicted molar refractivity (Wildman–Crippen MR) is 93.2 cm³/mol. The molecule has 1 N–H and O–H groups in total. The van der Waals surface area contributed by atoms with Gasteiger partial charge >= 0.3 is 0 Å². The number of nitrogens with one attached hydrogen (secondary N) is 1. The summed E-state index contributed by atoms with van der Waals surface area (Å²) in [4.78, 5) is 37.3. The largest absolute Gasteiger partial charge is 0.489 e. The van der Waals surface area contributed by atoms with Crippen molar-refractivity contribution in [2.24, 2.45) is 0 Å². The molecule has 0 spiro atoms. The van der Waals surface area contributed by atoms with Gasteiger partial charge in [-0.1, -0.05) is 30.3 Å². The highest BCUT2D eigenvalue weighted by Gasteiger charge is 2.40. The number of rotatable bonds is 4. The fraction of sp³-hybridized carbons (Fsp3) is 0.250. The van der Waals surface area contributed by atoms with Gasteiger partial charge in [-0.15, -0.1) is 0 Å². The number of carbonyl (C=O) groups excluding carboxylic acids is 3. The third-order valence-electron chi connectivity index (χ3n) is 4.80. The summed E-state index contributed by atoms with van der Waals surface area (Å²) in [6.45, 7) is 0.393. The molecule has 6 nitrogen and oxygen atoms in total. The summed E-state index contributed by atoms with van der Waals surface area (Å²) in [5, 5.41) is 2.23. The first-order valence-corrected chi connectivity index (χ1v) is 8.67. The molecule has 2 aliphatic rings. The van der Waals surface area contributed by atoms with E-state index >= 15 is 0 Å². The molecule has 2 heterocycles. The van der Waals surface area contributed by atoms with Gasteiger partial charge in [0.2, 0.25) is 11.8 Å². The first-order chi connectivity index (χ1) is 13.0. The van der Waals surface area contributed by atoms with Crippen LogP contribution < -0.4 is 10.1 Å². The Hall–Kier alpha value is -3.22. The van der Waals surface area contributed by atoms with Crippen LogP contribution in [-0.2, 0) is 22.7 Å². The van der Waals surface area contributed by atoms with E-state index < -0.39 is 23.7 Å². The lowest BCUT2D eigenvalue weighted by Crippen LogP contribution is -2.52. The van der Waals surface area contributed by atoms with Crippen molar-refractivity contribution in [2.45, 2.75) is 32.0 Å². The standard InChI is InChI=1S/C20H17FN2O4/c21-15-9-14(27-11-12-4-2-1-3-5-12)8-13-10-23(20(26)18(13)15)16-6-7-17(24)22-19(16)25/h1-5,8-9,16H,6-7,10-11H2,(H,22,24,25). The van der Waals surface area contributed by atoms with Gasteiger partial charge in [-0.05, 0) is 23.6 Å². The zero-order valence-electron chi connectivity index (χ0n) is 14.4. The average molecular weight is 368 g/mol. The van der Waals surface area contributed by atoms with Crippen LogP contribution in [0, 0.1) is 5.82 Å². The summed E-state index contributed by atoms with van der Waals surface area (Å²) in [5.74, 6) is -1.76. The van der Waals surface area contributed by atoms with Gasteiger partial charge in [0.25, 0.3) is 5.91 Å². The third kappa shape index (κ3) is 3.28. The SMILES string of the molecule is O=C1CCC(N2Cc3cc(OCc4ccccc4)cc(F)c3C2=O)C(=O)N1. The van der Waals surface area contributed by atoms with Crippen LogP contribution in [0.25, 0.3) is 0 Å². The highest BCUT2D eigenvalue weighted by atomic mass is 19.1. The molecule has 27 heavy (non-hydrogen) atoms. The lowest BCUT2D eigenvalue weighted by Gasteiger charge is -2.29. The average Bonchev–Trinajstić information content (AvgIpc) is 2.98. The maximum Gasteiger partial charge on any atom is 0.258 e. The molecule has 2 aromatic rings. The summed E-state index contributed by atoms with van der Waals surface area (Å²) < 4.78 is 20.2. The number of hydrogen-bond donors (Lipinski definition) is 1. The Morgan fingerprint density at radius 3 is 2.67 bits per heavy atom. The van der Waals surface area contributed by atoms with Crippen LogP contribution in [0.5, 0.6) is 5.75 Å². The topological polar surface area (TPSA) is 75.7 Å². The van der Waals surface area contributed by atoms with Gasteiger partial charge in [-0.3, -0.25) is 19.7 Å². The van der Waals surface area contributed by atoms with E-state index in [0.717, 1.165) is 5.56 Å². The molecule has 0 radical (unpaired) electrons. The molecular weight excluding hydrogens is 351 g/mol. The number of hydrogen-bond acceptors (Lipinski definition) is 4. The van der Waals surface area contributed by atoms with Crippen LogP contribution >= 0.6 is 0 Å². The second-order valence-electron chi connectivity index (χ2n) is 6.61. The van der Waals surface area contributed by atoms with Crippen LogP contribution in [0.1, 0.15) is 34.3 Å². The molecule has 1 saturated heterocycles. The fourth-order valence-electron chi connectivity index (χ4n) is 3.45. The minimum absolute atomic E-state index is 0.0354. The van der Waals surface area contributed by atoms with Crippen molar-refractivity contribution in [3.8, 4) is 5.75 Å². The van der Waals surface area contributed by atoms with Crippen molar-refractivity contribution >= 4 is 17.7 Å². The molecular formula is C20H17FN2O4. The number of nitrogens with zero attached hydrogens (tertiary/aromatic N) is 1. The molecule has 0 bridgehead atoms. The number of halogens is 1. The van der Waals surface area contributed by atoms with E-state index in [4.69, 9.17) is 4.74 Å². The number of carbonyl (C=O) groups is 3. The Kier molecular flexibility index (Phi) is 4.35. The molecule has 2 aliphatic heterocycles. The molecule has 1 unspecified atom stereocenters. The minimum atomic E-state index is -0.768. The second kappa shape index (κ2) is 6.83. The Morgan fingerprint density at radius 2 is 1.93 bits per heavy atom. The third-order valence-corrected chi connectivity index (χ3v) is 4.80. The highest BCUT2D eigenvalue weighted by Crippen LogP contribution is 2.32. The van der Waals surface area contributed by atoms with E-state index in [1.807, 2.05) is 30.3 Å². The number of benzene rings is 2. The summed E-state index contributed by atoms with van der Waals surface area (Å²) in [6, 6.07) is 11.5. The van der Waals surface area contributed by atoms with E-state index in [9.17, 15) is 18.8 Å². The van der Waals surface area contributed by atoms with Crippen LogP contribution in [-0.4, -0.2) is 28.7 Å². The minimum Gasteiger partial charge on any atom is -0.489 e. The van der Waals surface area contributed by atoms with Crippen LogP contribution in [0.4, 0.5) is 4.39 Å². The monoisotopic (exact) mass is 368 g/mol. The van der Waals surface area contributed by atoms with Crippen molar-refractivity contribution in [2.75, 3.05) is 0 Å². The molecule has 7 heteroatoms. The molecule has 138 valence electrons. The van der Waals surface area contributed by atoms with Crippen molar-refractivity contribution in [3.63, 3.8) is 0 Å². The zero-order chi connectivity index (χ0) is 19.0. The molecule has 0 aliphatic carbocycles. The van der Waals surface area contributed by atoms with Crippen LogP contribution in [0.2, 0.25) is 0 Å². The molecule has 4 rings (SSSR count). The molecule has 0 saturated carbocycles. The number of imide groups is 1. The van der Waals surface area contributed by atoms with Gasteiger partial charge < -0.3 is 9.64 Å². The molecule has 2 aromatic carbocycles.